The summed E-state index contributed by atoms with van der Waals surface area (Å²) in [4.78, 5) is 29.6. The summed E-state index contributed by atoms with van der Waals surface area (Å²) < 4.78 is 29.0. The summed E-state index contributed by atoms with van der Waals surface area (Å²) in [7, 11) is -4.18. The van der Waals surface area contributed by atoms with Gasteiger partial charge in [-0.05, 0) is 68.3 Å². The predicted octanol–water partition coefficient (Wildman–Crippen LogP) is 6.01. The van der Waals surface area contributed by atoms with E-state index in [9.17, 15) is 18.0 Å². The fraction of sp³-hybridized carbons (Fsp3) is 0.235. The van der Waals surface area contributed by atoms with E-state index in [2.05, 4.69) is 5.32 Å². The fourth-order valence-electron chi connectivity index (χ4n) is 4.80. The molecule has 1 atom stereocenters. The number of hydrogen-bond acceptors (Lipinski definition) is 4. The summed E-state index contributed by atoms with van der Waals surface area (Å²) in [5.41, 5.74) is 3.04. The Hall–Kier alpha value is -4.14. The second kappa shape index (κ2) is 14.4. The number of carbonyl (C=O) groups is 2. The molecule has 4 aromatic carbocycles. The number of nitrogens with zero attached hydrogens (tertiary/aromatic N) is 2. The number of hydrogen-bond donors (Lipinski definition) is 1. The van der Waals surface area contributed by atoms with Crippen molar-refractivity contribution in [2.75, 3.05) is 10.8 Å². The molecule has 0 aliphatic heterocycles. The van der Waals surface area contributed by atoms with Crippen LogP contribution in [0.15, 0.2) is 114 Å². The molecule has 0 aromatic heterocycles. The summed E-state index contributed by atoms with van der Waals surface area (Å²) in [6, 6.07) is 30.4. The average Bonchev–Trinajstić information content (AvgIpc) is 2.98. The first-order valence-electron chi connectivity index (χ1n) is 14.1. The van der Waals surface area contributed by atoms with Crippen molar-refractivity contribution in [3.05, 3.63) is 131 Å². The molecule has 224 valence electrons. The van der Waals surface area contributed by atoms with Crippen LogP contribution in [-0.4, -0.2) is 43.8 Å². The molecule has 0 aliphatic carbocycles. The van der Waals surface area contributed by atoms with Crippen molar-refractivity contribution in [3.63, 3.8) is 0 Å². The van der Waals surface area contributed by atoms with Crippen LogP contribution < -0.4 is 9.62 Å². The van der Waals surface area contributed by atoms with Gasteiger partial charge in [0.25, 0.3) is 10.0 Å². The fourth-order valence-corrected chi connectivity index (χ4v) is 6.34. The smallest absolute Gasteiger partial charge is 0.264 e. The topological polar surface area (TPSA) is 86.8 Å². The van der Waals surface area contributed by atoms with Crippen LogP contribution in [-0.2, 0) is 32.6 Å². The predicted molar refractivity (Wildman–Crippen MR) is 171 cm³/mol. The Labute approximate surface area is 259 Å². The molecule has 0 fully saturated rings. The first-order valence-corrected chi connectivity index (χ1v) is 15.9. The minimum atomic E-state index is -4.18. The van der Waals surface area contributed by atoms with Crippen LogP contribution in [0.2, 0.25) is 5.02 Å². The summed E-state index contributed by atoms with van der Waals surface area (Å²) in [6.07, 6.45) is 0.256. The van der Waals surface area contributed by atoms with Crippen LogP contribution in [0.3, 0.4) is 0 Å². The molecule has 0 aliphatic rings. The number of anilines is 1. The third-order valence-corrected chi connectivity index (χ3v) is 8.90. The Morgan fingerprint density at radius 3 is 2.02 bits per heavy atom. The Morgan fingerprint density at radius 1 is 0.814 bits per heavy atom. The van der Waals surface area contributed by atoms with Gasteiger partial charge in [-0.1, -0.05) is 90.0 Å². The molecule has 0 heterocycles. The Bertz CT molecular complexity index is 1630. The highest BCUT2D eigenvalue weighted by molar-refractivity contribution is 7.92. The number of para-hydroxylation sites is 1. The van der Waals surface area contributed by atoms with Gasteiger partial charge in [0.15, 0.2) is 0 Å². The molecular weight excluding hydrogens is 582 g/mol. The number of aryl methyl sites for hydroxylation is 1. The van der Waals surface area contributed by atoms with E-state index in [1.165, 1.54) is 29.2 Å². The molecule has 7 nitrogen and oxygen atoms in total. The van der Waals surface area contributed by atoms with E-state index in [0.717, 1.165) is 21.0 Å². The quantitative estimate of drug-likeness (QED) is 0.211. The number of nitrogens with one attached hydrogen (secondary N) is 1. The zero-order valence-corrected chi connectivity index (χ0v) is 26.1. The number of carbonyl (C=O) groups excluding carboxylic acids is 2. The van der Waals surface area contributed by atoms with Gasteiger partial charge in [-0.3, -0.25) is 13.9 Å². The van der Waals surface area contributed by atoms with Crippen LogP contribution in [0.25, 0.3) is 0 Å². The van der Waals surface area contributed by atoms with Crippen molar-refractivity contribution in [2.45, 2.75) is 50.7 Å². The maximum atomic E-state index is 14.4. The minimum Gasteiger partial charge on any atom is -0.352 e. The number of halogens is 1. The molecule has 9 heteroatoms. The van der Waals surface area contributed by atoms with E-state index in [0.29, 0.717) is 10.7 Å². The van der Waals surface area contributed by atoms with Crippen molar-refractivity contribution in [3.8, 4) is 0 Å². The van der Waals surface area contributed by atoms with Gasteiger partial charge < -0.3 is 10.2 Å². The SMILES string of the molecule is Cc1cccc(CN(C(=O)CN(c2ccccc2)S(=O)(=O)c2ccc(Cl)cc2)C(Cc2ccccc2)C(=O)NC(C)C)c1. The van der Waals surface area contributed by atoms with Gasteiger partial charge in [-0.25, -0.2) is 8.42 Å². The van der Waals surface area contributed by atoms with Gasteiger partial charge in [0.2, 0.25) is 11.8 Å². The highest BCUT2D eigenvalue weighted by Gasteiger charge is 2.34. The molecule has 4 rings (SSSR count). The van der Waals surface area contributed by atoms with Gasteiger partial charge in [0, 0.05) is 24.0 Å². The zero-order valence-electron chi connectivity index (χ0n) is 24.5. The van der Waals surface area contributed by atoms with Crippen LogP contribution >= 0.6 is 11.6 Å². The Balaban J connectivity index is 1.79. The molecule has 4 aromatic rings. The van der Waals surface area contributed by atoms with Gasteiger partial charge in [-0.15, -0.1) is 0 Å². The second-order valence-electron chi connectivity index (χ2n) is 10.7. The van der Waals surface area contributed by atoms with Crippen molar-refractivity contribution in [1.29, 1.82) is 0 Å². The van der Waals surface area contributed by atoms with E-state index in [1.54, 1.807) is 30.3 Å². The Morgan fingerprint density at radius 2 is 1.42 bits per heavy atom. The lowest BCUT2D eigenvalue weighted by Gasteiger charge is -2.34. The molecule has 0 bridgehead atoms. The first kappa shape index (κ1) is 31.8. The van der Waals surface area contributed by atoms with Crippen LogP contribution in [0.5, 0.6) is 0 Å². The van der Waals surface area contributed by atoms with Crippen LogP contribution in [0.1, 0.15) is 30.5 Å². The molecule has 43 heavy (non-hydrogen) atoms. The van der Waals surface area contributed by atoms with Crippen molar-refractivity contribution in [1.82, 2.24) is 10.2 Å². The van der Waals surface area contributed by atoms with Crippen LogP contribution in [0, 0.1) is 6.92 Å². The van der Waals surface area contributed by atoms with E-state index >= 15 is 0 Å². The molecular formula is C34H36ClN3O4S. The monoisotopic (exact) mass is 617 g/mol. The highest BCUT2D eigenvalue weighted by Crippen LogP contribution is 2.26. The highest BCUT2D eigenvalue weighted by atomic mass is 35.5. The van der Waals surface area contributed by atoms with Crippen LogP contribution in [0.4, 0.5) is 5.69 Å². The average molecular weight is 618 g/mol. The van der Waals surface area contributed by atoms with Gasteiger partial charge in [0.1, 0.15) is 12.6 Å². The maximum Gasteiger partial charge on any atom is 0.264 e. The number of benzene rings is 4. The zero-order chi connectivity index (χ0) is 31.0. The maximum absolute atomic E-state index is 14.4. The van der Waals surface area contributed by atoms with E-state index in [-0.39, 0.29) is 29.8 Å². The number of sulfonamides is 1. The normalized spacial score (nSPS) is 12.0. The summed E-state index contributed by atoms with van der Waals surface area (Å²) >= 11 is 6.03. The molecule has 1 unspecified atom stereocenters. The van der Waals surface area contributed by atoms with E-state index < -0.39 is 28.5 Å². The van der Waals surface area contributed by atoms with Gasteiger partial charge >= 0.3 is 0 Å². The van der Waals surface area contributed by atoms with E-state index in [4.69, 9.17) is 11.6 Å². The van der Waals surface area contributed by atoms with Gasteiger partial charge in [0.05, 0.1) is 10.6 Å². The molecule has 0 saturated carbocycles. The lowest BCUT2D eigenvalue weighted by atomic mass is 10.0. The number of amides is 2. The molecule has 1 N–H and O–H groups in total. The van der Waals surface area contributed by atoms with Gasteiger partial charge in [-0.2, -0.15) is 0 Å². The largest absolute Gasteiger partial charge is 0.352 e. The second-order valence-corrected chi connectivity index (χ2v) is 13.0. The lowest BCUT2D eigenvalue weighted by molar-refractivity contribution is -0.140. The summed E-state index contributed by atoms with van der Waals surface area (Å²) in [5, 5.41) is 3.36. The lowest BCUT2D eigenvalue weighted by Crippen LogP contribution is -2.54. The Kier molecular flexibility index (Phi) is 10.6. The molecule has 0 spiro atoms. The third-order valence-electron chi connectivity index (χ3n) is 6.86. The summed E-state index contributed by atoms with van der Waals surface area (Å²) in [5.74, 6) is -0.825. The molecule has 0 radical (unpaired) electrons. The molecule has 0 saturated heterocycles. The number of rotatable bonds is 12. The van der Waals surface area contributed by atoms with Crippen molar-refractivity contribution >= 4 is 39.1 Å². The third kappa shape index (κ3) is 8.46. The van der Waals surface area contributed by atoms with Crippen molar-refractivity contribution < 1.29 is 18.0 Å². The minimum absolute atomic E-state index is 0.00262. The van der Waals surface area contributed by atoms with E-state index in [1.807, 2.05) is 75.4 Å². The van der Waals surface area contributed by atoms with Crippen molar-refractivity contribution in [2.24, 2.45) is 0 Å². The first-order chi connectivity index (χ1) is 20.5. The molecule has 2 amide bonds. The summed E-state index contributed by atoms with van der Waals surface area (Å²) in [6.45, 7) is 5.28. The standard InChI is InChI=1S/C34H36ClN3O4S/c1-25(2)36-34(40)32(22-27-12-6-4-7-13-27)37(23-28-14-10-11-26(3)21-28)33(39)24-38(30-15-8-5-9-16-30)43(41,42)31-19-17-29(35)18-20-31/h4-21,25,32H,22-24H2,1-3H3,(H,36,40).